The Morgan fingerprint density at radius 1 is 1.06 bits per heavy atom. The lowest BCUT2D eigenvalue weighted by Gasteiger charge is -2.67. The summed E-state index contributed by atoms with van der Waals surface area (Å²) in [4.78, 5) is 25.5. The summed E-state index contributed by atoms with van der Waals surface area (Å²) in [6.07, 6.45) is 3.27. The lowest BCUT2D eigenvalue weighted by molar-refractivity contribution is -0.261. The number of carbonyl (C=O) groups is 2. The molecule has 4 saturated heterocycles. The van der Waals surface area contributed by atoms with Crippen molar-refractivity contribution >= 4 is 11.9 Å². The van der Waals surface area contributed by atoms with Gasteiger partial charge >= 0.3 is 11.9 Å². The standard InChI is InChI=1S/C26H32O8/c1-22(2)15-9-16(27)24(4)14(25(15)12-31-18(28)10-17(25)33-22)5-7-23(3)19(13-6-8-30-11-13)32-21(29)20-26(23,24)34-20/h6,8,11,14-17,19-20,27H,5,7,9-10,12H2,1-4H3/t14-,15-,16-,17-,19+,20+,23-,24-,25+,26+/m0/s1. The molecule has 0 bridgehead atoms. The van der Waals surface area contributed by atoms with Crippen LogP contribution in [-0.4, -0.2) is 53.2 Å². The number of fused-ring (bicyclic) bond motifs is 1. The van der Waals surface area contributed by atoms with Crippen LogP contribution in [0.1, 0.15) is 65.0 Å². The molecule has 0 amide bonds. The smallest absolute Gasteiger partial charge is 0.339 e. The number of cyclic esters (lactones) is 2. The number of ether oxygens (including phenoxy) is 4. The number of carbonyl (C=O) groups excluding carboxylic acids is 2. The van der Waals surface area contributed by atoms with Gasteiger partial charge < -0.3 is 28.5 Å². The van der Waals surface area contributed by atoms with Crippen LogP contribution in [0.25, 0.3) is 0 Å². The molecule has 10 atom stereocenters. The normalized spacial score (nSPS) is 54.5. The monoisotopic (exact) mass is 472 g/mol. The molecule has 6 fully saturated rings. The van der Waals surface area contributed by atoms with E-state index in [1.807, 2.05) is 6.07 Å². The Morgan fingerprint density at radius 3 is 2.59 bits per heavy atom. The maximum atomic E-state index is 13.2. The first-order valence-corrected chi connectivity index (χ1v) is 12.4. The number of epoxide rings is 1. The average Bonchev–Trinajstić information content (AvgIpc) is 3.26. The molecule has 1 aromatic rings. The number of aliphatic hydroxyl groups excluding tert-OH is 1. The maximum absolute atomic E-state index is 13.2. The van der Waals surface area contributed by atoms with E-state index in [4.69, 9.17) is 23.4 Å². The van der Waals surface area contributed by atoms with Gasteiger partial charge in [0.15, 0.2) is 6.10 Å². The van der Waals surface area contributed by atoms with Crippen molar-refractivity contribution in [3.05, 3.63) is 24.2 Å². The summed E-state index contributed by atoms with van der Waals surface area (Å²) in [5.41, 5.74) is -2.27. The quantitative estimate of drug-likeness (QED) is 0.491. The molecule has 8 heteroatoms. The van der Waals surface area contributed by atoms with Crippen molar-refractivity contribution in [2.75, 3.05) is 6.61 Å². The third kappa shape index (κ3) is 2.07. The molecular formula is C26H32O8. The van der Waals surface area contributed by atoms with Gasteiger partial charge in [-0.1, -0.05) is 13.8 Å². The van der Waals surface area contributed by atoms with Gasteiger partial charge in [-0.05, 0) is 45.1 Å². The Bertz CT molecular complexity index is 1080. The van der Waals surface area contributed by atoms with Crippen LogP contribution in [-0.2, 0) is 28.5 Å². The predicted molar refractivity (Wildman–Crippen MR) is 115 cm³/mol. The van der Waals surface area contributed by atoms with E-state index in [0.717, 1.165) is 18.4 Å². The highest BCUT2D eigenvalue weighted by molar-refractivity contribution is 5.82. The number of hydrogen-bond donors (Lipinski definition) is 1. The Morgan fingerprint density at radius 2 is 1.85 bits per heavy atom. The van der Waals surface area contributed by atoms with Gasteiger partial charge in [0.1, 0.15) is 18.3 Å². The van der Waals surface area contributed by atoms with Gasteiger partial charge in [-0.2, -0.15) is 0 Å². The molecule has 8 nitrogen and oxygen atoms in total. The van der Waals surface area contributed by atoms with Crippen LogP contribution >= 0.6 is 0 Å². The minimum atomic E-state index is -0.877. The third-order valence-electron chi connectivity index (χ3n) is 11.0. The van der Waals surface area contributed by atoms with Crippen molar-refractivity contribution in [3.8, 4) is 0 Å². The first-order valence-electron chi connectivity index (χ1n) is 12.4. The van der Waals surface area contributed by atoms with Gasteiger partial charge in [-0.25, -0.2) is 4.79 Å². The molecular weight excluding hydrogens is 440 g/mol. The molecule has 2 spiro atoms. The molecule has 0 unspecified atom stereocenters. The molecule has 5 heterocycles. The van der Waals surface area contributed by atoms with Crippen molar-refractivity contribution < 1.29 is 38.1 Å². The van der Waals surface area contributed by atoms with E-state index >= 15 is 0 Å². The van der Waals surface area contributed by atoms with E-state index in [1.165, 1.54) is 0 Å². The fourth-order valence-electron chi connectivity index (χ4n) is 9.62. The zero-order valence-corrected chi connectivity index (χ0v) is 20.0. The molecule has 1 aromatic heterocycles. The van der Waals surface area contributed by atoms with E-state index in [9.17, 15) is 14.7 Å². The Hall–Kier alpha value is -1.90. The van der Waals surface area contributed by atoms with Crippen LogP contribution in [0, 0.1) is 28.1 Å². The van der Waals surface area contributed by atoms with Crippen molar-refractivity contribution in [2.24, 2.45) is 28.1 Å². The minimum absolute atomic E-state index is 0.0318. The highest BCUT2D eigenvalue weighted by atomic mass is 16.7. The predicted octanol–water partition coefficient (Wildman–Crippen LogP) is 2.93. The molecule has 6 aliphatic rings. The van der Waals surface area contributed by atoms with E-state index in [2.05, 4.69) is 27.7 Å². The summed E-state index contributed by atoms with van der Waals surface area (Å²) in [5.74, 6) is -0.625. The molecule has 184 valence electrons. The van der Waals surface area contributed by atoms with Crippen molar-refractivity contribution in [3.63, 3.8) is 0 Å². The Balaban J connectivity index is 1.40. The van der Waals surface area contributed by atoms with E-state index in [1.54, 1.807) is 12.5 Å². The van der Waals surface area contributed by atoms with Gasteiger partial charge in [-0.15, -0.1) is 0 Å². The van der Waals surface area contributed by atoms with Crippen molar-refractivity contribution in [1.29, 1.82) is 0 Å². The largest absolute Gasteiger partial charge is 0.472 e. The van der Waals surface area contributed by atoms with Crippen LogP contribution in [0.15, 0.2) is 23.0 Å². The van der Waals surface area contributed by atoms with E-state index in [-0.39, 0.29) is 42.9 Å². The zero-order valence-electron chi connectivity index (χ0n) is 20.0. The molecule has 2 aliphatic carbocycles. The van der Waals surface area contributed by atoms with Gasteiger partial charge in [0, 0.05) is 27.7 Å². The van der Waals surface area contributed by atoms with Gasteiger partial charge in [-0.3, -0.25) is 4.79 Å². The molecule has 0 aromatic carbocycles. The van der Waals surface area contributed by atoms with Gasteiger partial charge in [0.05, 0.1) is 36.8 Å². The fourth-order valence-corrected chi connectivity index (χ4v) is 9.62. The number of furan rings is 1. The fraction of sp³-hybridized carbons (Fsp3) is 0.769. The van der Waals surface area contributed by atoms with Gasteiger partial charge in [0.2, 0.25) is 0 Å². The summed E-state index contributed by atoms with van der Waals surface area (Å²) in [7, 11) is 0. The first-order chi connectivity index (χ1) is 16.0. The SMILES string of the molecule is CC1(C)O[C@H]2CC(=O)OC[C@]23[C@H]2CC[C@@]4(C)[C@@H](c5ccoc5)OC(=O)[C@H]5O[C@]54[C@]2(C)[C@@H](O)C[C@@H]13. The number of esters is 2. The summed E-state index contributed by atoms with van der Waals surface area (Å²) in [5, 5.41) is 11.9. The molecule has 2 saturated carbocycles. The first kappa shape index (κ1) is 21.4. The molecule has 1 N–H and O–H groups in total. The van der Waals surface area contributed by atoms with Crippen LogP contribution in [0.3, 0.4) is 0 Å². The lowest BCUT2D eigenvalue weighted by Crippen LogP contribution is -2.73. The minimum Gasteiger partial charge on any atom is -0.472 e. The Labute approximate surface area is 198 Å². The van der Waals surface area contributed by atoms with Crippen LogP contribution in [0.2, 0.25) is 0 Å². The second-order valence-corrected chi connectivity index (χ2v) is 12.4. The lowest BCUT2D eigenvalue weighted by atomic mass is 9.36. The Kier molecular flexibility index (Phi) is 3.82. The second kappa shape index (κ2) is 6.08. The van der Waals surface area contributed by atoms with Crippen LogP contribution < -0.4 is 0 Å². The molecule has 0 radical (unpaired) electrons. The van der Waals surface area contributed by atoms with Crippen LogP contribution in [0.5, 0.6) is 0 Å². The third-order valence-corrected chi connectivity index (χ3v) is 11.0. The van der Waals surface area contributed by atoms with E-state index in [0.29, 0.717) is 6.42 Å². The number of hydrogen-bond acceptors (Lipinski definition) is 8. The second-order valence-electron chi connectivity index (χ2n) is 12.4. The summed E-state index contributed by atoms with van der Waals surface area (Å²) in [6, 6.07) is 1.84. The molecule has 34 heavy (non-hydrogen) atoms. The molecule has 4 aliphatic heterocycles. The molecule has 7 rings (SSSR count). The summed E-state index contributed by atoms with van der Waals surface area (Å²) < 4.78 is 30.0. The summed E-state index contributed by atoms with van der Waals surface area (Å²) in [6.45, 7) is 8.63. The van der Waals surface area contributed by atoms with Crippen molar-refractivity contribution in [2.45, 2.75) is 89.0 Å². The average molecular weight is 473 g/mol. The van der Waals surface area contributed by atoms with Crippen LogP contribution in [0.4, 0.5) is 0 Å². The van der Waals surface area contributed by atoms with Crippen molar-refractivity contribution in [1.82, 2.24) is 0 Å². The number of rotatable bonds is 1. The zero-order chi connectivity index (χ0) is 23.9. The topological polar surface area (TPSA) is 108 Å². The number of aliphatic hydroxyl groups is 1. The highest BCUT2D eigenvalue weighted by Gasteiger charge is 2.89. The maximum Gasteiger partial charge on any atom is 0.339 e. The van der Waals surface area contributed by atoms with Gasteiger partial charge in [0.25, 0.3) is 0 Å². The van der Waals surface area contributed by atoms with E-state index < -0.39 is 45.8 Å². The highest BCUT2D eigenvalue weighted by Crippen LogP contribution is 2.80. The summed E-state index contributed by atoms with van der Waals surface area (Å²) >= 11 is 0.